The number of thiazole rings is 1. The van der Waals surface area contributed by atoms with Crippen LogP contribution in [0.5, 0.6) is 0 Å². The molecule has 36 heavy (non-hydrogen) atoms. The number of aromatic nitrogens is 1. The second-order valence-electron chi connectivity index (χ2n) is 8.79. The van der Waals surface area contributed by atoms with Crippen molar-refractivity contribution < 1.29 is 22.8 Å². The highest BCUT2D eigenvalue weighted by molar-refractivity contribution is 7.91. The fourth-order valence-electron chi connectivity index (χ4n) is 4.50. The molecule has 0 aliphatic carbocycles. The number of fused-ring (bicyclic) bond motifs is 2. The van der Waals surface area contributed by atoms with Crippen molar-refractivity contribution >= 4 is 44.6 Å². The molecule has 0 spiro atoms. The molecule has 3 aromatic rings. The van der Waals surface area contributed by atoms with Crippen molar-refractivity contribution in [2.45, 2.75) is 42.0 Å². The molecular formula is C25H24N4O5S2. The lowest BCUT2D eigenvalue weighted by molar-refractivity contribution is -0.129. The first-order chi connectivity index (χ1) is 17.2. The molecule has 11 heteroatoms. The Morgan fingerprint density at radius 1 is 1.14 bits per heavy atom. The molecule has 0 radical (unpaired) electrons. The average molecular weight is 525 g/mol. The standard InChI is InChI=1S/C25H24N4O5S2/c1-15(30)29-10-8-16(9-11-29)25-27-14-18(35-25)13-26-23(31)17-6-7-22-20(12-17)28-24(32)19-4-2-3-5-21(19)36(22,33)34/h2-7,12,14,16H,8-11,13H2,1H3,(H,26,31)(H,28,32). The summed E-state index contributed by atoms with van der Waals surface area (Å²) < 4.78 is 26.2. The van der Waals surface area contributed by atoms with Gasteiger partial charge >= 0.3 is 0 Å². The number of nitrogens with zero attached hydrogens (tertiary/aromatic N) is 2. The lowest BCUT2D eigenvalue weighted by atomic mass is 9.97. The molecule has 9 nitrogen and oxygen atoms in total. The summed E-state index contributed by atoms with van der Waals surface area (Å²) in [7, 11) is -3.93. The summed E-state index contributed by atoms with van der Waals surface area (Å²) in [6.45, 7) is 3.30. The summed E-state index contributed by atoms with van der Waals surface area (Å²) in [5, 5.41) is 6.46. The van der Waals surface area contributed by atoms with Gasteiger partial charge in [-0.15, -0.1) is 11.3 Å². The van der Waals surface area contributed by atoms with E-state index in [2.05, 4.69) is 15.6 Å². The first-order valence-electron chi connectivity index (χ1n) is 11.5. The van der Waals surface area contributed by atoms with Crippen LogP contribution in [-0.2, 0) is 21.2 Å². The summed E-state index contributed by atoms with van der Waals surface area (Å²) in [4.78, 5) is 44.1. The number of hydrogen-bond acceptors (Lipinski definition) is 7. The normalized spacial score (nSPS) is 16.9. The number of benzene rings is 2. The Morgan fingerprint density at radius 2 is 1.89 bits per heavy atom. The van der Waals surface area contributed by atoms with Crippen LogP contribution in [0.3, 0.4) is 0 Å². The van der Waals surface area contributed by atoms with Crippen LogP contribution in [0.1, 0.15) is 56.3 Å². The van der Waals surface area contributed by atoms with Crippen LogP contribution in [0.15, 0.2) is 58.5 Å². The molecule has 1 fully saturated rings. The summed E-state index contributed by atoms with van der Waals surface area (Å²) in [5.41, 5.74) is 0.366. The molecule has 3 heterocycles. The quantitative estimate of drug-likeness (QED) is 0.540. The monoisotopic (exact) mass is 524 g/mol. The maximum Gasteiger partial charge on any atom is 0.257 e. The Balaban J connectivity index is 1.27. The molecule has 186 valence electrons. The van der Waals surface area contributed by atoms with Crippen molar-refractivity contribution in [3.05, 3.63) is 69.7 Å². The van der Waals surface area contributed by atoms with Crippen LogP contribution in [-0.4, -0.2) is 49.1 Å². The van der Waals surface area contributed by atoms with Crippen LogP contribution < -0.4 is 10.6 Å². The predicted octanol–water partition coefficient (Wildman–Crippen LogP) is 3.20. The van der Waals surface area contributed by atoms with Crippen LogP contribution in [0.2, 0.25) is 0 Å². The van der Waals surface area contributed by atoms with Gasteiger partial charge in [0.05, 0.1) is 32.6 Å². The largest absolute Gasteiger partial charge is 0.347 e. The van der Waals surface area contributed by atoms with Crippen molar-refractivity contribution in [3.63, 3.8) is 0 Å². The maximum absolute atomic E-state index is 13.1. The van der Waals surface area contributed by atoms with Gasteiger partial charge in [0.15, 0.2) is 0 Å². The summed E-state index contributed by atoms with van der Waals surface area (Å²) in [5.74, 6) is -0.544. The Hall–Kier alpha value is -3.57. The first-order valence-corrected chi connectivity index (χ1v) is 13.8. The van der Waals surface area contributed by atoms with Gasteiger partial charge in [-0.2, -0.15) is 0 Å². The number of anilines is 1. The fourth-order valence-corrected chi connectivity index (χ4v) is 7.12. The molecule has 2 aliphatic heterocycles. The zero-order chi connectivity index (χ0) is 25.4. The molecule has 2 aromatic carbocycles. The first kappa shape index (κ1) is 24.1. The number of piperidine rings is 1. The molecule has 3 amide bonds. The van der Waals surface area contributed by atoms with Gasteiger partial charge in [-0.05, 0) is 43.2 Å². The van der Waals surface area contributed by atoms with E-state index in [1.165, 1.54) is 41.7 Å². The van der Waals surface area contributed by atoms with Gasteiger partial charge in [0, 0.05) is 42.6 Å². The average Bonchev–Trinajstić information content (AvgIpc) is 3.33. The fraction of sp³-hybridized carbons (Fsp3) is 0.280. The lowest BCUT2D eigenvalue weighted by Gasteiger charge is -2.30. The molecule has 2 N–H and O–H groups in total. The van der Waals surface area contributed by atoms with E-state index in [1.54, 1.807) is 25.3 Å². The van der Waals surface area contributed by atoms with E-state index in [0.29, 0.717) is 5.92 Å². The molecule has 2 aliphatic rings. The topological polar surface area (TPSA) is 126 Å². The van der Waals surface area contributed by atoms with Gasteiger partial charge < -0.3 is 15.5 Å². The summed E-state index contributed by atoms with van der Waals surface area (Å²) >= 11 is 1.54. The van der Waals surface area contributed by atoms with Crippen molar-refractivity contribution in [1.82, 2.24) is 15.2 Å². The minimum Gasteiger partial charge on any atom is -0.347 e. The van der Waals surface area contributed by atoms with Crippen LogP contribution >= 0.6 is 11.3 Å². The van der Waals surface area contributed by atoms with E-state index in [9.17, 15) is 22.8 Å². The third kappa shape index (κ3) is 4.51. The van der Waals surface area contributed by atoms with E-state index < -0.39 is 21.7 Å². The number of sulfone groups is 1. The van der Waals surface area contributed by atoms with Crippen molar-refractivity contribution in [2.75, 3.05) is 18.4 Å². The van der Waals surface area contributed by atoms with Gasteiger partial charge in [0.25, 0.3) is 11.8 Å². The Morgan fingerprint density at radius 3 is 2.64 bits per heavy atom. The smallest absolute Gasteiger partial charge is 0.257 e. The third-order valence-corrected chi connectivity index (χ3v) is 9.51. The van der Waals surface area contributed by atoms with Crippen LogP contribution in [0.25, 0.3) is 0 Å². The predicted molar refractivity (Wildman–Crippen MR) is 134 cm³/mol. The second-order valence-corrected chi connectivity index (χ2v) is 11.8. The molecule has 5 rings (SSSR count). The number of carbonyl (C=O) groups excluding carboxylic acids is 3. The van der Waals surface area contributed by atoms with Gasteiger partial charge in [0.1, 0.15) is 0 Å². The minimum atomic E-state index is -3.93. The molecule has 0 unspecified atom stereocenters. The van der Waals surface area contributed by atoms with E-state index in [1.807, 2.05) is 4.90 Å². The summed E-state index contributed by atoms with van der Waals surface area (Å²) in [6.07, 6.45) is 3.48. The van der Waals surface area contributed by atoms with E-state index >= 15 is 0 Å². The second kappa shape index (κ2) is 9.47. The highest BCUT2D eigenvalue weighted by atomic mass is 32.2. The van der Waals surface area contributed by atoms with Crippen LogP contribution in [0, 0.1) is 0 Å². The Labute approximate surface area is 212 Å². The highest BCUT2D eigenvalue weighted by Gasteiger charge is 2.31. The molecule has 0 saturated carbocycles. The highest BCUT2D eigenvalue weighted by Crippen LogP contribution is 2.34. The molecule has 1 aromatic heterocycles. The zero-order valence-corrected chi connectivity index (χ0v) is 21.1. The van der Waals surface area contributed by atoms with Gasteiger partial charge in [-0.1, -0.05) is 12.1 Å². The number of amides is 3. The van der Waals surface area contributed by atoms with Gasteiger partial charge in [0.2, 0.25) is 15.7 Å². The van der Waals surface area contributed by atoms with Gasteiger partial charge in [-0.3, -0.25) is 14.4 Å². The molecule has 0 atom stereocenters. The number of hydrogen-bond donors (Lipinski definition) is 2. The van der Waals surface area contributed by atoms with Gasteiger partial charge in [-0.25, -0.2) is 13.4 Å². The molecule has 1 saturated heterocycles. The van der Waals surface area contributed by atoms with E-state index in [-0.39, 0.29) is 39.1 Å². The van der Waals surface area contributed by atoms with Crippen molar-refractivity contribution in [3.8, 4) is 0 Å². The number of likely N-dealkylation sites (tertiary alicyclic amines) is 1. The third-order valence-electron chi connectivity index (χ3n) is 6.48. The van der Waals surface area contributed by atoms with Crippen LogP contribution in [0.4, 0.5) is 5.69 Å². The zero-order valence-electron chi connectivity index (χ0n) is 19.5. The van der Waals surface area contributed by atoms with E-state index in [0.717, 1.165) is 35.8 Å². The summed E-state index contributed by atoms with van der Waals surface area (Å²) in [6, 6.07) is 10.2. The maximum atomic E-state index is 13.1. The molecular weight excluding hydrogens is 500 g/mol. The van der Waals surface area contributed by atoms with E-state index in [4.69, 9.17) is 0 Å². The SMILES string of the molecule is CC(=O)N1CCC(c2ncc(CNC(=O)c3ccc4c(c3)NC(=O)c3ccccc3S4(=O)=O)s2)CC1. The number of carbonyl (C=O) groups is 3. The van der Waals surface area contributed by atoms with Crippen molar-refractivity contribution in [2.24, 2.45) is 0 Å². The number of rotatable bonds is 4. The number of nitrogens with one attached hydrogen (secondary N) is 2. The molecule has 0 bridgehead atoms. The minimum absolute atomic E-state index is 0.0553. The lowest BCUT2D eigenvalue weighted by Crippen LogP contribution is -2.36. The Bertz CT molecular complexity index is 1470. The van der Waals surface area contributed by atoms with Crippen molar-refractivity contribution in [1.29, 1.82) is 0 Å². The Kier molecular flexibility index (Phi) is 6.35.